The molecule has 0 saturated heterocycles. The molecule has 3 rings (SSSR count). The zero-order chi connectivity index (χ0) is 30.8. The Hall–Kier alpha value is -2.30. The number of sulfonamides is 1. The Balaban J connectivity index is 2.10. The SMILES string of the molecule is C[SiH](C)OC1(C#N)CCC(C(C)(C)C)c2sc(NC(=O)OC(C)(C)C)c(S(=O)(=O)NCCCc3ccc(F)cc3)c21. The largest absolute Gasteiger partial charge is 0.444 e. The Kier molecular flexibility index (Phi) is 10.1. The number of hydrogen-bond acceptors (Lipinski definition) is 7. The van der Waals surface area contributed by atoms with Gasteiger partial charge in [-0.2, -0.15) is 5.26 Å². The highest BCUT2D eigenvalue weighted by Gasteiger charge is 2.50. The summed E-state index contributed by atoms with van der Waals surface area (Å²) >= 11 is 1.18. The molecule has 2 unspecified atom stereocenters. The number of aryl methyl sites for hydroxylation is 1. The lowest BCUT2D eigenvalue weighted by Crippen LogP contribution is -2.40. The summed E-state index contributed by atoms with van der Waals surface area (Å²) in [5, 5.41) is 13.3. The number of nitriles is 1. The summed E-state index contributed by atoms with van der Waals surface area (Å²) in [7, 11) is -6.02. The average molecular weight is 624 g/mol. The van der Waals surface area contributed by atoms with Crippen LogP contribution in [0.15, 0.2) is 29.2 Å². The number of rotatable bonds is 9. The molecule has 41 heavy (non-hydrogen) atoms. The molecule has 12 heteroatoms. The number of amides is 1. The molecule has 0 radical (unpaired) electrons. The molecular weight excluding hydrogens is 582 g/mol. The summed E-state index contributed by atoms with van der Waals surface area (Å²) < 4.78 is 55.9. The van der Waals surface area contributed by atoms with Crippen molar-refractivity contribution in [1.82, 2.24) is 4.72 Å². The van der Waals surface area contributed by atoms with Crippen molar-refractivity contribution in [2.75, 3.05) is 11.9 Å². The molecule has 1 heterocycles. The van der Waals surface area contributed by atoms with E-state index < -0.39 is 36.4 Å². The number of carbonyl (C=O) groups is 1. The minimum absolute atomic E-state index is 0.0528. The van der Waals surface area contributed by atoms with Gasteiger partial charge in [0.25, 0.3) is 0 Å². The fraction of sp³-hybridized carbons (Fsp3) is 0.586. The highest BCUT2D eigenvalue weighted by molar-refractivity contribution is 7.90. The van der Waals surface area contributed by atoms with Crippen LogP contribution in [0.2, 0.25) is 13.1 Å². The summed E-state index contributed by atoms with van der Waals surface area (Å²) in [6, 6.07) is 8.42. The topological polar surface area (TPSA) is 118 Å². The van der Waals surface area contributed by atoms with Gasteiger partial charge in [0.05, 0.1) is 0 Å². The lowest BCUT2D eigenvalue weighted by molar-refractivity contribution is 0.0635. The number of hydrogen-bond donors (Lipinski definition) is 2. The Morgan fingerprint density at radius 1 is 1.20 bits per heavy atom. The van der Waals surface area contributed by atoms with E-state index in [4.69, 9.17) is 9.16 Å². The maximum atomic E-state index is 14.1. The number of carbonyl (C=O) groups excluding carboxylic acids is 1. The maximum Gasteiger partial charge on any atom is 0.412 e. The van der Waals surface area contributed by atoms with E-state index in [0.717, 1.165) is 10.4 Å². The van der Waals surface area contributed by atoms with Gasteiger partial charge in [0.15, 0.2) is 14.6 Å². The van der Waals surface area contributed by atoms with Crippen LogP contribution in [0, 0.1) is 22.6 Å². The van der Waals surface area contributed by atoms with Gasteiger partial charge in [0, 0.05) is 17.0 Å². The van der Waals surface area contributed by atoms with E-state index in [1.54, 1.807) is 32.9 Å². The lowest BCUT2D eigenvalue weighted by atomic mass is 9.69. The van der Waals surface area contributed by atoms with Crippen molar-refractivity contribution >= 4 is 41.5 Å². The molecule has 0 aliphatic heterocycles. The first kappa shape index (κ1) is 33.2. The normalized spacial score (nSPS) is 19.5. The van der Waals surface area contributed by atoms with Crippen molar-refractivity contribution in [2.45, 2.75) is 102 Å². The summed E-state index contributed by atoms with van der Waals surface area (Å²) in [6.07, 6.45) is 1.22. The minimum Gasteiger partial charge on any atom is -0.444 e. The van der Waals surface area contributed by atoms with Crippen LogP contribution < -0.4 is 10.0 Å². The van der Waals surface area contributed by atoms with Crippen molar-refractivity contribution in [3.63, 3.8) is 0 Å². The van der Waals surface area contributed by atoms with Crippen LogP contribution in [-0.2, 0) is 31.2 Å². The van der Waals surface area contributed by atoms with Crippen molar-refractivity contribution in [3.05, 3.63) is 46.1 Å². The number of halogens is 1. The van der Waals surface area contributed by atoms with Crippen LogP contribution in [0.25, 0.3) is 0 Å². The predicted molar refractivity (Wildman–Crippen MR) is 163 cm³/mol. The number of nitrogens with zero attached hydrogens (tertiary/aromatic N) is 1. The number of ether oxygens (including phenoxy) is 1. The summed E-state index contributed by atoms with van der Waals surface area (Å²) in [5.74, 6) is -0.383. The van der Waals surface area contributed by atoms with Gasteiger partial charge in [-0.3, -0.25) is 5.32 Å². The predicted octanol–water partition coefficient (Wildman–Crippen LogP) is 6.79. The van der Waals surface area contributed by atoms with Crippen LogP contribution in [0.5, 0.6) is 0 Å². The van der Waals surface area contributed by atoms with Crippen molar-refractivity contribution in [3.8, 4) is 6.07 Å². The first-order valence-corrected chi connectivity index (χ1v) is 19.0. The van der Waals surface area contributed by atoms with E-state index in [1.807, 2.05) is 13.1 Å². The second kappa shape index (κ2) is 12.5. The molecule has 1 aliphatic rings. The van der Waals surface area contributed by atoms with Crippen LogP contribution in [0.1, 0.15) is 82.7 Å². The monoisotopic (exact) mass is 623 g/mol. The zero-order valence-electron chi connectivity index (χ0n) is 25.2. The molecular formula is C29H42FN3O5S2Si. The quantitative estimate of drug-likeness (QED) is 0.235. The number of thiophene rings is 1. The van der Waals surface area contributed by atoms with E-state index in [2.05, 4.69) is 36.9 Å². The third kappa shape index (κ3) is 8.17. The highest BCUT2D eigenvalue weighted by atomic mass is 32.2. The van der Waals surface area contributed by atoms with Crippen molar-refractivity contribution in [2.24, 2.45) is 5.41 Å². The third-order valence-electron chi connectivity index (χ3n) is 6.79. The molecule has 2 N–H and O–H groups in total. The smallest absolute Gasteiger partial charge is 0.412 e. The van der Waals surface area contributed by atoms with Crippen molar-refractivity contribution < 1.29 is 26.8 Å². The molecule has 0 spiro atoms. The molecule has 1 aliphatic carbocycles. The fourth-order valence-corrected chi connectivity index (χ4v) is 9.65. The van der Waals surface area contributed by atoms with Gasteiger partial charge in [0.2, 0.25) is 10.0 Å². The maximum absolute atomic E-state index is 14.1. The third-order valence-corrected chi connectivity index (χ3v) is 10.5. The molecule has 2 atom stereocenters. The molecule has 2 aromatic rings. The fourth-order valence-electron chi connectivity index (χ4n) is 5.11. The van der Waals surface area contributed by atoms with E-state index in [1.165, 1.54) is 23.5 Å². The van der Waals surface area contributed by atoms with E-state index >= 15 is 0 Å². The highest BCUT2D eigenvalue weighted by Crippen LogP contribution is 2.57. The Bertz CT molecular complexity index is 1390. The van der Waals surface area contributed by atoms with Crippen LogP contribution in [0.3, 0.4) is 0 Å². The van der Waals surface area contributed by atoms with Gasteiger partial charge in [-0.1, -0.05) is 32.9 Å². The van der Waals surface area contributed by atoms with E-state index in [9.17, 15) is 22.9 Å². The lowest BCUT2D eigenvalue weighted by Gasteiger charge is -2.41. The Morgan fingerprint density at radius 2 is 1.83 bits per heavy atom. The number of fused-ring (bicyclic) bond motifs is 1. The van der Waals surface area contributed by atoms with Gasteiger partial charge >= 0.3 is 6.09 Å². The van der Waals surface area contributed by atoms with Gasteiger partial charge in [0.1, 0.15) is 27.4 Å². The van der Waals surface area contributed by atoms with Gasteiger partial charge in [-0.05, 0) is 88.6 Å². The van der Waals surface area contributed by atoms with Gasteiger partial charge in [-0.15, -0.1) is 11.3 Å². The van der Waals surface area contributed by atoms with Crippen LogP contribution >= 0.6 is 11.3 Å². The molecule has 0 fully saturated rings. The first-order valence-electron chi connectivity index (χ1n) is 13.9. The zero-order valence-corrected chi connectivity index (χ0v) is 28.0. The molecule has 1 aromatic carbocycles. The molecule has 226 valence electrons. The molecule has 1 aromatic heterocycles. The standard InChI is InChI=1S/C29H42FN3O5S2Si/c1-27(2,3)21-15-16-29(18-31,38-41(7)8)22-23(21)39-25(33-26(34)37-28(4,5)6)24(22)40(35,36)32-17-9-10-19-11-13-20(30)14-12-19/h11-14,21,32,41H,9-10,15-17H2,1-8H3,(H,33,34). The molecule has 0 bridgehead atoms. The van der Waals surface area contributed by atoms with Crippen LogP contribution in [-0.4, -0.2) is 35.7 Å². The summed E-state index contributed by atoms with van der Waals surface area (Å²) in [5.41, 5.74) is -1.26. The molecule has 1 amide bonds. The van der Waals surface area contributed by atoms with Crippen molar-refractivity contribution in [1.29, 1.82) is 5.26 Å². The number of nitrogens with one attached hydrogen (secondary N) is 2. The Morgan fingerprint density at radius 3 is 2.37 bits per heavy atom. The van der Waals surface area contributed by atoms with Gasteiger partial charge < -0.3 is 9.16 Å². The van der Waals surface area contributed by atoms with Crippen LogP contribution in [0.4, 0.5) is 14.2 Å². The molecule has 0 saturated carbocycles. The summed E-state index contributed by atoms with van der Waals surface area (Å²) in [6.45, 7) is 15.4. The second-order valence-corrected chi connectivity index (χ2v) is 17.9. The number of benzene rings is 1. The van der Waals surface area contributed by atoms with E-state index in [-0.39, 0.29) is 33.6 Å². The number of anilines is 1. The average Bonchev–Trinajstić information content (AvgIpc) is 3.21. The second-order valence-electron chi connectivity index (χ2n) is 12.8. The van der Waals surface area contributed by atoms with E-state index in [0.29, 0.717) is 31.2 Å². The first-order chi connectivity index (χ1) is 18.9. The minimum atomic E-state index is -4.21. The Labute approximate surface area is 249 Å². The van der Waals surface area contributed by atoms with Gasteiger partial charge in [-0.25, -0.2) is 22.3 Å². The summed E-state index contributed by atoms with van der Waals surface area (Å²) in [4.78, 5) is 13.5. The molecule has 8 nitrogen and oxygen atoms in total.